The molecule has 0 amide bonds. The van der Waals surface area contributed by atoms with Gasteiger partial charge in [0, 0.05) is 12.5 Å². The molecule has 13 heavy (non-hydrogen) atoms. The molecular formula is C10H20N2S. The molecule has 0 aliphatic carbocycles. The summed E-state index contributed by atoms with van der Waals surface area (Å²) in [6.07, 6.45) is 5.06. The van der Waals surface area contributed by atoms with Crippen molar-refractivity contribution in [2.24, 2.45) is 0 Å². The Hall–Kier alpha value is -0.200. The third kappa shape index (κ3) is 6.92. The molecule has 0 aromatic heterocycles. The Kier molecular flexibility index (Phi) is 8.27. The smallest absolute Gasteiger partial charge is 0.0622 e. The van der Waals surface area contributed by atoms with E-state index in [-0.39, 0.29) is 0 Å². The number of nitriles is 1. The van der Waals surface area contributed by atoms with Crippen LogP contribution in [0, 0.1) is 11.3 Å². The Labute approximate surface area is 86.3 Å². The van der Waals surface area contributed by atoms with E-state index in [4.69, 9.17) is 5.26 Å². The van der Waals surface area contributed by atoms with E-state index in [2.05, 4.69) is 31.2 Å². The lowest BCUT2D eigenvalue weighted by atomic mass is 10.2. The Bertz CT molecular complexity index is 153. The predicted octanol–water partition coefficient (Wildman–Crippen LogP) is 2.36. The second-order valence-electron chi connectivity index (χ2n) is 3.37. The van der Waals surface area contributed by atoms with Crippen LogP contribution in [0.3, 0.4) is 0 Å². The topological polar surface area (TPSA) is 27.0 Å². The highest BCUT2D eigenvalue weighted by Gasteiger charge is 2.07. The fourth-order valence-electron chi connectivity index (χ4n) is 1.14. The standard InChI is InChI=1S/C10H20N2S/c1-10(6-9-13-3)12(2)8-5-4-7-11/h10H,4-6,8-9H2,1-3H3. The van der Waals surface area contributed by atoms with Crippen molar-refractivity contribution in [3.05, 3.63) is 0 Å². The van der Waals surface area contributed by atoms with Gasteiger partial charge in [0.2, 0.25) is 0 Å². The van der Waals surface area contributed by atoms with Crippen LogP contribution in [0.15, 0.2) is 0 Å². The minimum absolute atomic E-state index is 0.645. The van der Waals surface area contributed by atoms with Gasteiger partial charge in [0.25, 0.3) is 0 Å². The maximum atomic E-state index is 8.39. The average Bonchev–Trinajstić information content (AvgIpc) is 2.14. The molecule has 0 radical (unpaired) electrons. The quantitative estimate of drug-likeness (QED) is 0.590. The molecule has 0 N–H and O–H groups in total. The van der Waals surface area contributed by atoms with Crippen molar-refractivity contribution in [2.75, 3.05) is 25.6 Å². The molecule has 0 aliphatic rings. The Morgan fingerprint density at radius 2 is 2.23 bits per heavy atom. The molecule has 0 heterocycles. The van der Waals surface area contributed by atoms with Crippen molar-refractivity contribution in [3.8, 4) is 6.07 Å². The summed E-state index contributed by atoms with van der Waals surface area (Å²) in [5, 5.41) is 8.39. The van der Waals surface area contributed by atoms with E-state index in [1.165, 1.54) is 12.2 Å². The van der Waals surface area contributed by atoms with E-state index in [1.807, 2.05) is 11.8 Å². The number of nitrogens with zero attached hydrogens (tertiary/aromatic N) is 2. The van der Waals surface area contributed by atoms with E-state index < -0.39 is 0 Å². The molecule has 0 aliphatic heterocycles. The first-order chi connectivity index (χ1) is 6.22. The van der Waals surface area contributed by atoms with Gasteiger partial charge >= 0.3 is 0 Å². The van der Waals surface area contributed by atoms with Gasteiger partial charge in [0.1, 0.15) is 0 Å². The molecule has 0 aromatic rings. The molecule has 0 saturated carbocycles. The van der Waals surface area contributed by atoms with Crippen molar-refractivity contribution in [3.63, 3.8) is 0 Å². The first-order valence-electron chi connectivity index (χ1n) is 4.78. The molecule has 2 nitrogen and oxygen atoms in total. The van der Waals surface area contributed by atoms with Crippen LogP contribution in [0.2, 0.25) is 0 Å². The molecule has 1 unspecified atom stereocenters. The molecule has 76 valence electrons. The fourth-order valence-corrected chi connectivity index (χ4v) is 1.71. The highest BCUT2D eigenvalue weighted by molar-refractivity contribution is 7.98. The van der Waals surface area contributed by atoms with Crippen molar-refractivity contribution >= 4 is 11.8 Å². The van der Waals surface area contributed by atoms with Crippen LogP contribution >= 0.6 is 11.8 Å². The van der Waals surface area contributed by atoms with Gasteiger partial charge in [-0.3, -0.25) is 0 Å². The first-order valence-corrected chi connectivity index (χ1v) is 6.18. The highest BCUT2D eigenvalue weighted by Crippen LogP contribution is 2.06. The highest BCUT2D eigenvalue weighted by atomic mass is 32.2. The number of thioether (sulfide) groups is 1. The van der Waals surface area contributed by atoms with Crippen LogP contribution in [0.5, 0.6) is 0 Å². The number of unbranched alkanes of at least 4 members (excludes halogenated alkanes) is 1. The summed E-state index contributed by atoms with van der Waals surface area (Å²) in [6.45, 7) is 3.30. The summed E-state index contributed by atoms with van der Waals surface area (Å²) in [7, 11) is 2.14. The van der Waals surface area contributed by atoms with E-state index >= 15 is 0 Å². The Balaban J connectivity index is 3.45. The minimum Gasteiger partial charge on any atom is -0.304 e. The van der Waals surface area contributed by atoms with Crippen LogP contribution in [0.25, 0.3) is 0 Å². The zero-order chi connectivity index (χ0) is 10.1. The predicted molar refractivity (Wildman–Crippen MR) is 59.9 cm³/mol. The Morgan fingerprint density at radius 3 is 2.77 bits per heavy atom. The molecule has 0 fully saturated rings. The molecule has 0 aromatic carbocycles. The average molecular weight is 200 g/mol. The van der Waals surface area contributed by atoms with E-state index in [9.17, 15) is 0 Å². The summed E-state index contributed by atoms with van der Waals surface area (Å²) in [4.78, 5) is 2.34. The van der Waals surface area contributed by atoms with Gasteiger partial charge in [-0.15, -0.1) is 0 Å². The van der Waals surface area contributed by atoms with Crippen molar-refractivity contribution in [1.29, 1.82) is 5.26 Å². The largest absolute Gasteiger partial charge is 0.304 e. The number of hydrogen-bond acceptors (Lipinski definition) is 3. The lowest BCUT2D eigenvalue weighted by Gasteiger charge is -2.23. The Morgan fingerprint density at radius 1 is 1.54 bits per heavy atom. The van der Waals surface area contributed by atoms with Crippen LogP contribution in [0.4, 0.5) is 0 Å². The van der Waals surface area contributed by atoms with Crippen molar-refractivity contribution < 1.29 is 0 Å². The van der Waals surface area contributed by atoms with Crippen molar-refractivity contribution in [2.45, 2.75) is 32.2 Å². The zero-order valence-electron chi connectivity index (χ0n) is 8.92. The molecule has 0 spiro atoms. The summed E-state index contributed by atoms with van der Waals surface area (Å²) in [6, 6.07) is 2.82. The zero-order valence-corrected chi connectivity index (χ0v) is 9.73. The van der Waals surface area contributed by atoms with Crippen LogP contribution in [-0.2, 0) is 0 Å². The van der Waals surface area contributed by atoms with Gasteiger partial charge in [-0.2, -0.15) is 17.0 Å². The SMILES string of the molecule is CSCCC(C)N(C)CCCC#N. The molecule has 0 bridgehead atoms. The molecule has 0 rings (SSSR count). The summed E-state index contributed by atoms with van der Waals surface area (Å²) in [5.41, 5.74) is 0. The van der Waals surface area contributed by atoms with Gasteiger partial charge in [0.05, 0.1) is 6.07 Å². The normalized spacial score (nSPS) is 12.8. The molecule has 1 atom stereocenters. The van der Waals surface area contributed by atoms with E-state index in [0.29, 0.717) is 12.5 Å². The third-order valence-electron chi connectivity index (χ3n) is 2.29. The lowest BCUT2D eigenvalue weighted by Crippen LogP contribution is -2.30. The maximum Gasteiger partial charge on any atom is 0.0622 e. The van der Waals surface area contributed by atoms with Gasteiger partial charge in [-0.1, -0.05) is 0 Å². The van der Waals surface area contributed by atoms with Crippen molar-refractivity contribution in [1.82, 2.24) is 4.90 Å². The van der Waals surface area contributed by atoms with Gasteiger partial charge in [-0.05, 0) is 45.4 Å². The van der Waals surface area contributed by atoms with E-state index in [1.54, 1.807) is 0 Å². The molecular weight excluding hydrogens is 180 g/mol. The molecule has 0 saturated heterocycles. The fraction of sp³-hybridized carbons (Fsp3) is 0.900. The van der Waals surface area contributed by atoms with Crippen LogP contribution in [0.1, 0.15) is 26.2 Å². The van der Waals surface area contributed by atoms with Crippen LogP contribution < -0.4 is 0 Å². The second kappa shape index (κ2) is 8.40. The second-order valence-corrected chi connectivity index (χ2v) is 4.36. The van der Waals surface area contributed by atoms with Gasteiger partial charge in [-0.25, -0.2) is 0 Å². The first kappa shape index (κ1) is 12.8. The van der Waals surface area contributed by atoms with E-state index in [0.717, 1.165) is 13.0 Å². The monoisotopic (exact) mass is 200 g/mol. The molecule has 3 heteroatoms. The summed E-state index contributed by atoms with van der Waals surface area (Å²) < 4.78 is 0. The van der Waals surface area contributed by atoms with Gasteiger partial charge < -0.3 is 4.90 Å². The third-order valence-corrected chi connectivity index (χ3v) is 2.94. The summed E-state index contributed by atoms with van der Waals surface area (Å²) in [5.74, 6) is 1.23. The number of rotatable bonds is 7. The minimum atomic E-state index is 0.645. The number of hydrogen-bond donors (Lipinski definition) is 0. The van der Waals surface area contributed by atoms with Crippen LogP contribution in [-0.4, -0.2) is 36.5 Å². The maximum absolute atomic E-state index is 8.39. The summed E-state index contributed by atoms with van der Waals surface area (Å²) >= 11 is 1.90. The lowest BCUT2D eigenvalue weighted by molar-refractivity contribution is 0.251. The van der Waals surface area contributed by atoms with Gasteiger partial charge in [0.15, 0.2) is 0 Å².